The van der Waals surface area contributed by atoms with Crippen LogP contribution >= 0.6 is 0 Å². The van der Waals surface area contributed by atoms with Gasteiger partial charge < -0.3 is 0 Å². The Labute approximate surface area is 111 Å². The van der Waals surface area contributed by atoms with Crippen LogP contribution in [0.15, 0.2) is 6.07 Å². The minimum absolute atomic E-state index is 0.0166. The number of rotatable bonds is 4. The summed E-state index contributed by atoms with van der Waals surface area (Å²) in [6, 6.07) is 1.98. The third kappa shape index (κ3) is 2.11. The molecule has 0 bridgehead atoms. The van der Waals surface area contributed by atoms with Gasteiger partial charge in [-0.1, -0.05) is 13.8 Å². The van der Waals surface area contributed by atoms with E-state index >= 15 is 0 Å². The highest BCUT2D eigenvalue weighted by atomic mass is 16.6. The molecule has 0 radical (unpaired) electrons. The summed E-state index contributed by atoms with van der Waals surface area (Å²) < 4.78 is 3.15. The maximum atomic E-state index is 11.2. The fourth-order valence-corrected chi connectivity index (χ4v) is 2.17. The first-order valence-corrected chi connectivity index (χ1v) is 6.25. The van der Waals surface area contributed by atoms with Crippen LogP contribution in [0.2, 0.25) is 0 Å². The van der Waals surface area contributed by atoms with E-state index < -0.39 is 4.92 Å². The van der Waals surface area contributed by atoms with Crippen LogP contribution in [0.25, 0.3) is 5.82 Å². The van der Waals surface area contributed by atoms with E-state index in [2.05, 4.69) is 10.2 Å². The predicted octanol–water partition coefficient (Wildman–Crippen LogP) is 1.95. The monoisotopic (exact) mass is 263 g/mol. The van der Waals surface area contributed by atoms with E-state index in [1.54, 1.807) is 18.7 Å². The Bertz CT molecular complexity index is 626. The van der Waals surface area contributed by atoms with E-state index in [0.29, 0.717) is 11.5 Å². The van der Waals surface area contributed by atoms with Gasteiger partial charge in [-0.2, -0.15) is 10.2 Å². The topological polar surface area (TPSA) is 78.8 Å². The van der Waals surface area contributed by atoms with Crippen LogP contribution in [0.1, 0.15) is 30.9 Å². The lowest BCUT2D eigenvalue weighted by molar-refractivity contribution is -0.385. The van der Waals surface area contributed by atoms with Gasteiger partial charge in [-0.15, -0.1) is 0 Å². The molecule has 102 valence electrons. The highest BCUT2D eigenvalue weighted by Crippen LogP contribution is 2.27. The molecule has 0 aliphatic rings. The van der Waals surface area contributed by atoms with Crippen LogP contribution in [0.3, 0.4) is 0 Å². The maximum Gasteiger partial charge on any atom is 0.336 e. The van der Waals surface area contributed by atoms with Crippen molar-refractivity contribution in [1.29, 1.82) is 0 Å². The van der Waals surface area contributed by atoms with Crippen LogP contribution in [0, 0.1) is 17.0 Å². The molecule has 2 rings (SSSR count). The minimum atomic E-state index is -0.398. The summed E-state index contributed by atoms with van der Waals surface area (Å²) in [5.41, 5.74) is 2.29. The molecule has 7 heteroatoms. The van der Waals surface area contributed by atoms with Crippen molar-refractivity contribution in [2.75, 3.05) is 0 Å². The van der Waals surface area contributed by atoms with Gasteiger partial charge >= 0.3 is 5.69 Å². The van der Waals surface area contributed by atoms with E-state index in [4.69, 9.17) is 0 Å². The first kappa shape index (κ1) is 13.3. The summed E-state index contributed by atoms with van der Waals surface area (Å²) in [6.07, 6.45) is 1.55. The van der Waals surface area contributed by atoms with Crippen molar-refractivity contribution in [1.82, 2.24) is 19.6 Å². The first-order chi connectivity index (χ1) is 8.99. The highest BCUT2D eigenvalue weighted by Gasteiger charge is 2.27. The molecule has 0 aliphatic carbocycles. The second-order valence-electron chi connectivity index (χ2n) is 4.38. The zero-order valence-corrected chi connectivity index (χ0v) is 11.5. The minimum Gasteiger partial charge on any atom is -0.258 e. The van der Waals surface area contributed by atoms with Crippen molar-refractivity contribution in [3.8, 4) is 5.82 Å². The lowest BCUT2D eigenvalue weighted by atomic mass is 10.2. The van der Waals surface area contributed by atoms with Gasteiger partial charge in [0.05, 0.1) is 10.6 Å². The number of hydrogen-bond donors (Lipinski definition) is 0. The van der Waals surface area contributed by atoms with Gasteiger partial charge in [-0.05, 0) is 25.8 Å². The van der Waals surface area contributed by atoms with E-state index in [0.717, 1.165) is 24.2 Å². The first-order valence-electron chi connectivity index (χ1n) is 6.25. The van der Waals surface area contributed by atoms with Crippen LogP contribution in [0.4, 0.5) is 5.69 Å². The summed E-state index contributed by atoms with van der Waals surface area (Å²) >= 11 is 0. The summed E-state index contributed by atoms with van der Waals surface area (Å²) in [7, 11) is 1.70. The van der Waals surface area contributed by atoms with Gasteiger partial charge in [-0.3, -0.25) is 10.1 Å². The van der Waals surface area contributed by atoms with E-state index in [-0.39, 0.29) is 5.69 Å². The fourth-order valence-electron chi connectivity index (χ4n) is 2.17. The van der Waals surface area contributed by atoms with Crippen LogP contribution in [-0.2, 0) is 19.9 Å². The Morgan fingerprint density at radius 2 is 2.00 bits per heavy atom. The lowest BCUT2D eigenvalue weighted by Crippen LogP contribution is -2.09. The second-order valence-corrected chi connectivity index (χ2v) is 4.38. The van der Waals surface area contributed by atoms with E-state index in [1.165, 1.54) is 4.68 Å². The molecule has 0 N–H and O–H groups in total. The number of nitro groups is 1. The van der Waals surface area contributed by atoms with Crippen LogP contribution in [-0.4, -0.2) is 24.5 Å². The molecule has 0 unspecified atom stereocenters. The Morgan fingerprint density at radius 3 is 2.53 bits per heavy atom. The summed E-state index contributed by atoms with van der Waals surface area (Å²) in [4.78, 5) is 10.8. The molecule has 2 heterocycles. The van der Waals surface area contributed by atoms with Gasteiger partial charge in [0.2, 0.25) is 5.82 Å². The van der Waals surface area contributed by atoms with Crippen LogP contribution < -0.4 is 0 Å². The van der Waals surface area contributed by atoms with Gasteiger partial charge in [-0.25, -0.2) is 9.36 Å². The molecule has 2 aromatic rings. The third-order valence-corrected chi connectivity index (χ3v) is 3.10. The SMILES string of the molecule is CCc1cc(CC)n(-c2c([N+](=O)[O-])c(C)nn2C)n1. The Hall–Kier alpha value is -2.18. The normalized spacial score (nSPS) is 10.9. The summed E-state index contributed by atoms with van der Waals surface area (Å²) in [5, 5.41) is 19.8. The molecule has 0 saturated heterocycles. The van der Waals surface area contributed by atoms with Gasteiger partial charge in [0.25, 0.3) is 0 Å². The number of nitrogens with zero attached hydrogens (tertiary/aromatic N) is 5. The predicted molar refractivity (Wildman–Crippen MR) is 70.5 cm³/mol. The number of hydrogen-bond acceptors (Lipinski definition) is 4. The molecule has 0 atom stereocenters. The smallest absolute Gasteiger partial charge is 0.258 e. The van der Waals surface area contributed by atoms with Crippen molar-refractivity contribution in [2.24, 2.45) is 7.05 Å². The molecular formula is C12H17N5O2. The number of aryl methyl sites for hydroxylation is 4. The van der Waals surface area contributed by atoms with E-state index in [9.17, 15) is 10.1 Å². The molecule has 2 aromatic heterocycles. The molecule has 0 fully saturated rings. The zero-order chi connectivity index (χ0) is 14.2. The molecular weight excluding hydrogens is 246 g/mol. The Kier molecular flexibility index (Phi) is 3.37. The van der Waals surface area contributed by atoms with E-state index in [1.807, 2.05) is 19.9 Å². The molecule has 19 heavy (non-hydrogen) atoms. The quantitative estimate of drug-likeness (QED) is 0.623. The van der Waals surface area contributed by atoms with Crippen LogP contribution in [0.5, 0.6) is 0 Å². The average molecular weight is 263 g/mol. The molecule has 0 aliphatic heterocycles. The summed E-state index contributed by atoms with van der Waals surface area (Å²) in [5.74, 6) is 0.416. The standard InChI is InChI=1S/C12H17N5O2/c1-5-9-7-10(6-2)16(14-9)12-11(17(18)19)8(3)13-15(12)4/h7H,5-6H2,1-4H3. The Balaban J connectivity index is 2.71. The second kappa shape index (κ2) is 4.83. The van der Waals surface area contributed by atoms with Crippen molar-refractivity contribution in [3.05, 3.63) is 33.3 Å². The summed E-state index contributed by atoms with van der Waals surface area (Å²) in [6.45, 7) is 5.65. The number of aromatic nitrogens is 4. The lowest BCUT2D eigenvalue weighted by Gasteiger charge is -2.05. The molecule has 0 spiro atoms. The molecule has 0 saturated carbocycles. The van der Waals surface area contributed by atoms with Crippen molar-refractivity contribution >= 4 is 5.69 Å². The molecule has 0 amide bonds. The third-order valence-electron chi connectivity index (χ3n) is 3.10. The van der Waals surface area contributed by atoms with Crippen molar-refractivity contribution in [3.63, 3.8) is 0 Å². The average Bonchev–Trinajstić information content (AvgIpc) is 2.88. The fraction of sp³-hybridized carbons (Fsp3) is 0.500. The Morgan fingerprint density at radius 1 is 1.32 bits per heavy atom. The highest BCUT2D eigenvalue weighted by molar-refractivity contribution is 5.51. The van der Waals surface area contributed by atoms with Crippen molar-refractivity contribution in [2.45, 2.75) is 33.6 Å². The van der Waals surface area contributed by atoms with Gasteiger partial charge in [0, 0.05) is 12.7 Å². The van der Waals surface area contributed by atoms with Crippen molar-refractivity contribution < 1.29 is 4.92 Å². The van der Waals surface area contributed by atoms with Gasteiger partial charge in [0.15, 0.2) is 0 Å². The zero-order valence-electron chi connectivity index (χ0n) is 11.5. The maximum absolute atomic E-state index is 11.2. The van der Waals surface area contributed by atoms with Gasteiger partial charge in [0.1, 0.15) is 5.69 Å². The largest absolute Gasteiger partial charge is 0.336 e. The molecule has 0 aromatic carbocycles. The molecule has 7 nitrogen and oxygen atoms in total.